The molecule has 4 nitrogen and oxygen atoms in total. The minimum atomic E-state index is -0.758. The third kappa shape index (κ3) is 3.38. The fourth-order valence-corrected chi connectivity index (χ4v) is 2.22. The normalized spacial score (nSPS) is 22.1. The summed E-state index contributed by atoms with van der Waals surface area (Å²) in [6.45, 7) is 7.84. The number of likely N-dealkylation sites (N-methyl/N-ethyl adjacent to an activating group) is 1. The molecule has 1 rings (SSSR count). The Morgan fingerprint density at radius 1 is 1.40 bits per heavy atom. The maximum atomic E-state index is 11.0. The topological polar surface area (TPSA) is 43.8 Å². The molecular weight excluding hydrogens is 192 g/mol. The van der Waals surface area contributed by atoms with Crippen molar-refractivity contribution in [2.24, 2.45) is 0 Å². The first kappa shape index (κ1) is 12.3. The van der Waals surface area contributed by atoms with Gasteiger partial charge in [0, 0.05) is 19.1 Å². The van der Waals surface area contributed by atoms with Crippen LogP contribution in [0.15, 0.2) is 0 Å². The van der Waals surface area contributed by atoms with E-state index < -0.39 is 6.09 Å². The molecule has 1 fully saturated rings. The lowest BCUT2D eigenvalue weighted by atomic mass is 10.0. The molecule has 1 aliphatic heterocycles. The third-order valence-electron chi connectivity index (χ3n) is 3.24. The number of hydrogen-bond donors (Lipinski definition) is 1. The molecule has 1 unspecified atom stereocenters. The first-order valence-electron chi connectivity index (χ1n) is 5.91. The molecule has 1 N–H and O–H groups in total. The number of hydrogen-bond acceptors (Lipinski definition) is 2. The molecule has 15 heavy (non-hydrogen) atoms. The smallest absolute Gasteiger partial charge is 0.407 e. The Labute approximate surface area is 91.9 Å². The molecule has 0 saturated carbocycles. The SMILES string of the molecule is CCN(CC)CC1CCCCN1C(=O)O. The third-order valence-corrected chi connectivity index (χ3v) is 3.24. The number of piperidine rings is 1. The minimum absolute atomic E-state index is 0.205. The van der Waals surface area contributed by atoms with Crippen molar-refractivity contribution in [2.75, 3.05) is 26.2 Å². The number of amides is 1. The van der Waals surface area contributed by atoms with Crippen LogP contribution in [0.3, 0.4) is 0 Å². The maximum Gasteiger partial charge on any atom is 0.407 e. The second kappa shape index (κ2) is 5.95. The highest BCUT2D eigenvalue weighted by molar-refractivity contribution is 5.65. The monoisotopic (exact) mass is 214 g/mol. The van der Waals surface area contributed by atoms with Crippen LogP contribution in [-0.4, -0.2) is 53.2 Å². The van der Waals surface area contributed by atoms with Gasteiger partial charge in [0.05, 0.1) is 0 Å². The minimum Gasteiger partial charge on any atom is -0.465 e. The molecule has 0 aromatic carbocycles. The summed E-state index contributed by atoms with van der Waals surface area (Å²) in [5.41, 5.74) is 0. The van der Waals surface area contributed by atoms with E-state index in [0.717, 1.165) is 38.9 Å². The Morgan fingerprint density at radius 3 is 2.60 bits per heavy atom. The largest absolute Gasteiger partial charge is 0.465 e. The fourth-order valence-electron chi connectivity index (χ4n) is 2.22. The molecular formula is C11H22N2O2. The van der Waals surface area contributed by atoms with Gasteiger partial charge in [0.2, 0.25) is 0 Å². The molecule has 1 atom stereocenters. The van der Waals surface area contributed by atoms with Gasteiger partial charge in [0.25, 0.3) is 0 Å². The molecule has 4 heteroatoms. The molecule has 1 heterocycles. The Kier molecular flexibility index (Phi) is 4.88. The van der Waals surface area contributed by atoms with Gasteiger partial charge < -0.3 is 14.9 Å². The van der Waals surface area contributed by atoms with E-state index in [4.69, 9.17) is 5.11 Å². The van der Waals surface area contributed by atoms with E-state index in [-0.39, 0.29) is 6.04 Å². The van der Waals surface area contributed by atoms with Gasteiger partial charge in [-0.05, 0) is 32.4 Å². The van der Waals surface area contributed by atoms with Crippen molar-refractivity contribution in [1.82, 2.24) is 9.80 Å². The Bertz CT molecular complexity index is 205. The zero-order valence-corrected chi connectivity index (χ0v) is 9.78. The van der Waals surface area contributed by atoms with Crippen LogP contribution in [0.5, 0.6) is 0 Å². The average molecular weight is 214 g/mol. The highest BCUT2D eigenvalue weighted by atomic mass is 16.4. The van der Waals surface area contributed by atoms with Gasteiger partial charge in [-0.15, -0.1) is 0 Å². The molecule has 1 aliphatic rings. The van der Waals surface area contributed by atoms with Crippen LogP contribution in [0.2, 0.25) is 0 Å². The lowest BCUT2D eigenvalue weighted by molar-refractivity contribution is 0.0889. The van der Waals surface area contributed by atoms with Crippen LogP contribution in [0.1, 0.15) is 33.1 Å². The molecule has 0 aliphatic carbocycles. The van der Waals surface area contributed by atoms with Crippen LogP contribution < -0.4 is 0 Å². The van der Waals surface area contributed by atoms with Crippen LogP contribution >= 0.6 is 0 Å². The first-order chi connectivity index (χ1) is 7.19. The van der Waals surface area contributed by atoms with Gasteiger partial charge in [-0.25, -0.2) is 4.79 Å². The van der Waals surface area contributed by atoms with Crippen molar-refractivity contribution in [1.29, 1.82) is 0 Å². The predicted octanol–water partition coefficient (Wildman–Crippen LogP) is 1.86. The van der Waals surface area contributed by atoms with Gasteiger partial charge in [-0.1, -0.05) is 13.8 Å². The second-order valence-corrected chi connectivity index (χ2v) is 4.11. The summed E-state index contributed by atoms with van der Waals surface area (Å²) >= 11 is 0. The summed E-state index contributed by atoms with van der Waals surface area (Å²) in [7, 11) is 0. The lowest BCUT2D eigenvalue weighted by Crippen LogP contribution is -2.48. The zero-order valence-electron chi connectivity index (χ0n) is 9.78. The first-order valence-corrected chi connectivity index (χ1v) is 5.91. The summed E-state index contributed by atoms with van der Waals surface area (Å²) in [5.74, 6) is 0. The van der Waals surface area contributed by atoms with Crippen molar-refractivity contribution >= 4 is 6.09 Å². The molecule has 0 radical (unpaired) electrons. The fraction of sp³-hybridized carbons (Fsp3) is 0.909. The van der Waals surface area contributed by atoms with Crippen molar-refractivity contribution in [3.05, 3.63) is 0 Å². The Morgan fingerprint density at radius 2 is 2.07 bits per heavy atom. The van der Waals surface area contributed by atoms with E-state index in [9.17, 15) is 4.79 Å². The highest BCUT2D eigenvalue weighted by Crippen LogP contribution is 2.17. The lowest BCUT2D eigenvalue weighted by Gasteiger charge is -2.36. The summed E-state index contributed by atoms with van der Waals surface area (Å²) in [4.78, 5) is 14.9. The summed E-state index contributed by atoms with van der Waals surface area (Å²) in [6.07, 6.45) is 2.44. The summed E-state index contributed by atoms with van der Waals surface area (Å²) < 4.78 is 0. The quantitative estimate of drug-likeness (QED) is 0.777. The molecule has 1 saturated heterocycles. The van der Waals surface area contributed by atoms with Crippen molar-refractivity contribution in [2.45, 2.75) is 39.2 Å². The van der Waals surface area contributed by atoms with E-state index in [1.165, 1.54) is 0 Å². The van der Waals surface area contributed by atoms with E-state index >= 15 is 0 Å². The van der Waals surface area contributed by atoms with Gasteiger partial charge >= 0.3 is 6.09 Å². The molecule has 0 bridgehead atoms. The summed E-state index contributed by atoms with van der Waals surface area (Å²) in [6, 6.07) is 0.205. The number of likely N-dealkylation sites (tertiary alicyclic amines) is 1. The second-order valence-electron chi connectivity index (χ2n) is 4.11. The molecule has 0 aromatic heterocycles. The number of carboxylic acid groups (broad SMARTS) is 1. The zero-order chi connectivity index (χ0) is 11.3. The van der Waals surface area contributed by atoms with Crippen LogP contribution in [0, 0.1) is 0 Å². The van der Waals surface area contributed by atoms with Crippen LogP contribution in [0.25, 0.3) is 0 Å². The maximum absolute atomic E-state index is 11.0. The van der Waals surface area contributed by atoms with E-state index in [1.807, 2.05) is 0 Å². The van der Waals surface area contributed by atoms with Crippen molar-refractivity contribution in [3.63, 3.8) is 0 Å². The highest BCUT2D eigenvalue weighted by Gasteiger charge is 2.27. The van der Waals surface area contributed by atoms with Gasteiger partial charge in [-0.2, -0.15) is 0 Å². The summed E-state index contributed by atoms with van der Waals surface area (Å²) in [5, 5.41) is 9.07. The van der Waals surface area contributed by atoms with Gasteiger partial charge in [0.15, 0.2) is 0 Å². The van der Waals surface area contributed by atoms with Gasteiger partial charge in [-0.3, -0.25) is 0 Å². The molecule has 88 valence electrons. The number of carbonyl (C=O) groups is 1. The van der Waals surface area contributed by atoms with E-state index in [0.29, 0.717) is 6.54 Å². The predicted molar refractivity (Wildman–Crippen MR) is 60.2 cm³/mol. The van der Waals surface area contributed by atoms with Crippen LogP contribution in [0.4, 0.5) is 4.79 Å². The van der Waals surface area contributed by atoms with Crippen LogP contribution in [-0.2, 0) is 0 Å². The molecule has 0 aromatic rings. The Balaban J connectivity index is 2.52. The molecule has 0 spiro atoms. The Hall–Kier alpha value is -0.770. The van der Waals surface area contributed by atoms with Crippen molar-refractivity contribution < 1.29 is 9.90 Å². The number of nitrogens with zero attached hydrogens (tertiary/aromatic N) is 2. The standard InChI is InChI=1S/C11H22N2O2/c1-3-12(4-2)9-10-7-5-6-8-13(10)11(14)15/h10H,3-9H2,1-2H3,(H,14,15). The van der Waals surface area contributed by atoms with E-state index in [1.54, 1.807) is 4.90 Å². The average Bonchev–Trinajstić information content (AvgIpc) is 2.26. The molecule has 1 amide bonds. The van der Waals surface area contributed by atoms with Crippen molar-refractivity contribution in [3.8, 4) is 0 Å². The number of rotatable bonds is 4. The van der Waals surface area contributed by atoms with E-state index in [2.05, 4.69) is 18.7 Å². The van der Waals surface area contributed by atoms with Gasteiger partial charge in [0.1, 0.15) is 0 Å².